The molecule has 4 rings (SSSR count). The molecule has 0 spiro atoms. The molecule has 154 valence electrons. The summed E-state index contributed by atoms with van der Waals surface area (Å²) in [7, 11) is 0. The Morgan fingerprint density at radius 3 is 2.70 bits per heavy atom. The molecule has 1 aliphatic carbocycles. The smallest absolute Gasteiger partial charge is 0.238 e. The summed E-state index contributed by atoms with van der Waals surface area (Å²) < 4.78 is 4.74. The van der Waals surface area contributed by atoms with Crippen LogP contribution in [-0.4, -0.2) is 51.4 Å². The lowest BCUT2D eigenvalue weighted by molar-refractivity contribution is -0.114. The summed E-state index contributed by atoms with van der Waals surface area (Å²) in [5.74, 6) is 0.142. The molecule has 2 heterocycles. The zero-order valence-electron chi connectivity index (χ0n) is 16.3. The minimum atomic E-state index is -0.514. The highest BCUT2D eigenvalue weighted by Gasteiger charge is 2.45. The molecule has 2 aromatic rings. The van der Waals surface area contributed by atoms with Gasteiger partial charge in [0.05, 0.1) is 24.3 Å². The number of benzene rings is 1. The molecule has 1 aliphatic heterocycles. The molecule has 10 heteroatoms. The van der Waals surface area contributed by atoms with E-state index < -0.39 is 5.54 Å². The van der Waals surface area contributed by atoms with Crippen molar-refractivity contribution in [3.63, 3.8) is 0 Å². The fourth-order valence-corrected chi connectivity index (χ4v) is 3.52. The van der Waals surface area contributed by atoms with E-state index in [1.165, 1.54) is 0 Å². The van der Waals surface area contributed by atoms with E-state index in [0.717, 1.165) is 5.70 Å². The van der Waals surface area contributed by atoms with E-state index in [2.05, 4.69) is 20.6 Å². The van der Waals surface area contributed by atoms with Crippen LogP contribution in [0.4, 0.5) is 11.5 Å². The van der Waals surface area contributed by atoms with Crippen molar-refractivity contribution in [2.45, 2.75) is 18.9 Å². The van der Waals surface area contributed by atoms with Gasteiger partial charge in [0.15, 0.2) is 23.1 Å². The largest absolute Gasteiger partial charge is 0.379 e. The van der Waals surface area contributed by atoms with E-state index in [0.29, 0.717) is 29.2 Å². The molecule has 1 aromatic carbocycles. The van der Waals surface area contributed by atoms with Crippen molar-refractivity contribution in [1.29, 1.82) is 0 Å². The highest BCUT2D eigenvalue weighted by molar-refractivity contribution is 6.07. The number of amides is 1. The second-order valence-corrected chi connectivity index (χ2v) is 7.23. The van der Waals surface area contributed by atoms with Gasteiger partial charge >= 0.3 is 0 Å². The zero-order valence-corrected chi connectivity index (χ0v) is 16.3. The summed E-state index contributed by atoms with van der Waals surface area (Å²) in [6.07, 6.45) is 6.54. The minimum absolute atomic E-state index is 0.0569. The first-order valence-corrected chi connectivity index (χ1v) is 9.37. The minimum Gasteiger partial charge on any atom is -0.379 e. The average Bonchev–Trinajstić information content (AvgIpc) is 3.29. The molecule has 1 aromatic heterocycles. The predicted octanol–water partition coefficient (Wildman–Crippen LogP) is 1.10. The Morgan fingerprint density at radius 2 is 2.03 bits per heavy atom. The van der Waals surface area contributed by atoms with Crippen molar-refractivity contribution in [3.8, 4) is 0 Å². The molecule has 1 unspecified atom stereocenters. The van der Waals surface area contributed by atoms with Crippen LogP contribution in [0.3, 0.4) is 0 Å². The number of anilines is 2. The Balaban J connectivity index is 1.60. The summed E-state index contributed by atoms with van der Waals surface area (Å²) in [5, 5.41) is 10.2. The zero-order chi connectivity index (χ0) is 21.3. The van der Waals surface area contributed by atoms with Gasteiger partial charge in [0.2, 0.25) is 5.91 Å². The average molecular weight is 407 g/mol. The SMILES string of the molecule is CC12CC=CC=C1N=C(c1nonc1N)N2CC(=O)c1ccc(NC(=O)CN)cc1. The maximum atomic E-state index is 13.1. The van der Waals surface area contributed by atoms with Gasteiger partial charge in [0, 0.05) is 11.3 Å². The molecule has 0 fully saturated rings. The maximum absolute atomic E-state index is 13.1. The van der Waals surface area contributed by atoms with E-state index in [-0.39, 0.29) is 30.6 Å². The van der Waals surface area contributed by atoms with Gasteiger partial charge in [-0.2, -0.15) is 0 Å². The van der Waals surface area contributed by atoms with Crippen molar-refractivity contribution >= 4 is 29.0 Å². The van der Waals surface area contributed by atoms with Gasteiger partial charge in [-0.1, -0.05) is 12.2 Å². The quantitative estimate of drug-likeness (QED) is 0.602. The van der Waals surface area contributed by atoms with Crippen molar-refractivity contribution < 1.29 is 14.2 Å². The first-order valence-electron chi connectivity index (χ1n) is 9.37. The highest BCUT2D eigenvalue weighted by atomic mass is 16.6. The number of ketones is 1. The maximum Gasteiger partial charge on any atom is 0.238 e. The molecule has 10 nitrogen and oxygen atoms in total. The van der Waals surface area contributed by atoms with E-state index >= 15 is 0 Å². The Labute approximate surface area is 172 Å². The van der Waals surface area contributed by atoms with Gasteiger partial charge in [-0.05, 0) is 54.0 Å². The van der Waals surface area contributed by atoms with Gasteiger partial charge in [-0.25, -0.2) is 9.62 Å². The van der Waals surface area contributed by atoms with Crippen LogP contribution in [0.15, 0.2) is 57.8 Å². The van der Waals surface area contributed by atoms with Gasteiger partial charge in [0.25, 0.3) is 0 Å². The van der Waals surface area contributed by atoms with E-state index in [4.69, 9.17) is 16.1 Å². The molecule has 1 atom stereocenters. The normalized spacial score (nSPS) is 19.9. The molecular weight excluding hydrogens is 386 g/mol. The van der Waals surface area contributed by atoms with Gasteiger partial charge in [0.1, 0.15) is 0 Å². The molecule has 0 saturated heterocycles. The second kappa shape index (κ2) is 7.56. The standard InChI is InChI=1S/C20H21N7O3/c1-20-9-3-2-4-15(20)24-19(17-18(22)26-30-25-17)27(20)11-14(28)12-5-7-13(8-6-12)23-16(29)10-21/h2-8H,9-11,21H2,1H3,(H2,22,26)(H,23,29). The lowest BCUT2D eigenvalue weighted by Crippen LogP contribution is -2.49. The van der Waals surface area contributed by atoms with Crippen molar-refractivity contribution in [1.82, 2.24) is 15.2 Å². The monoisotopic (exact) mass is 407 g/mol. The summed E-state index contributed by atoms with van der Waals surface area (Å²) in [6, 6.07) is 6.64. The molecule has 0 radical (unpaired) electrons. The predicted molar refractivity (Wildman–Crippen MR) is 111 cm³/mol. The van der Waals surface area contributed by atoms with Crippen molar-refractivity contribution in [2.75, 3.05) is 24.1 Å². The van der Waals surface area contributed by atoms with Crippen LogP contribution in [0.2, 0.25) is 0 Å². The number of amidine groups is 1. The first-order chi connectivity index (χ1) is 14.4. The number of fused-ring (bicyclic) bond motifs is 1. The fraction of sp³-hybridized carbons (Fsp3) is 0.250. The number of aromatic nitrogens is 2. The summed E-state index contributed by atoms with van der Waals surface area (Å²) in [5.41, 5.74) is 12.9. The Bertz CT molecular complexity index is 1080. The number of nitrogen functional groups attached to an aromatic ring is 1. The van der Waals surface area contributed by atoms with Crippen LogP contribution in [0.25, 0.3) is 0 Å². The number of carbonyl (C=O) groups is 2. The van der Waals surface area contributed by atoms with Crippen LogP contribution in [0.1, 0.15) is 29.4 Å². The van der Waals surface area contributed by atoms with Crippen molar-refractivity contribution in [3.05, 3.63) is 59.4 Å². The number of carbonyl (C=O) groups excluding carboxylic acids is 2. The molecule has 0 bridgehead atoms. The number of hydrogen-bond donors (Lipinski definition) is 3. The van der Waals surface area contributed by atoms with Crippen LogP contribution in [0, 0.1) is 0 Å². The Kier molecular flexibility index (Phi) is 4.92. The summed E-state index contributed by atoms with van der Waals surface area (Å²) >= 11 is 0. The summed E-state index contributed by atoms with van der Waals surface area (Å²) in [4.78, 5) is 31.0. The number of aliphatic imine (C=N–C) groups is 1. The number of nitrogens with two attached hydrogens (primary N) is 2. The number of nitrogens with zero attached hydrogens (tertiary/aromatic N) is 4. The fourth-order valence-electron chi connectivity index (χ4n) is 3.52. The van der Waals surface area contributed by atoms with Crippen LogP contribution < -0.4 is 16.8 Å². The van der Waals surface area contributed by atoms with E-state index in [1.54, 1.807) is 24.3 Å². The van der Waals surface area contributed by atoms with Crippen LogP contribution >= 0.6 is 0 Å². The molecule has 1 amide bonds. The van der Waals surface area contributed by atoms with Gasteiger partial charge in [-0.3, -0.25) is 9.59 Å². The molecular formula is C20H21N7O3. The number of rotatable bonds is 6. The molecule has 5 N–H and O–H groups in total. The highest BCUT2D eigenvalue weighted by Crippen LogP contribution is 2.39. The third-order valence-electron chi connectivity index (χ3n) is 5.24. The lowest BCUT2D eigenvalue weighted by Gasteiger charge is -2.37. The third-order valence-corrected chi connectivity index (χ3v) is 5.24. The number of nitrogens with one attached hydrogen (secondary N) is 1. The second-order valence-electron chi connectivity index (χ2n) is 7.23. The van der Waals surface area contributed by atoms with Gasteiger partial charge < -0.3 is 21.7 Å². The van der Waals surface area contributed by atoms with Crippen molar-refractivity contribution in [2.24, 2.45) is 10.7 Å². The molecule has 2 aliphatic rings. The molecule has 0 saturated carbocycles. The Hall–Kier alpha value is -3.79. The van der Waals surface area contributed by atoms with E-state index in [1.807, 2.05) is 30.1 Å². The molecule has 30 heavy (non-hydrogen) atoms. The summed E-state index contributed by atoms with van der Waals surface area (Å²) in [6.45, 7) is 1.96. The van der Waals surface area contributed by atoms with Crippen LogP contribution in [-0.2, 0) is 4.79 Å². The number of hydrogen-bond acceptors (Lipinski definition) is 9. The lowest BCUT2D eigenvalue weighted by atomic mass is 9.88. The van der Waals surface area contributed by atoms with Crippen LogP contribution in [0.5, 0.6) is 0 Å². The Morgan fingerprint density at radius 1 is 1.27 bits per heavy atom. The number of Topliss-reactive ketones (excluding diaryl/α,β-unsaturated/α-hetero) is 1. The third kappa shape index (κ3) is 3.37. The first kappa shape index (κ1) is 19.5. The van der Waals surface area contributed by atoms with E-state index in [9.17, 15) is 9.59 Å². The number of allylic oxidation sites excluding steroid dienone is 2. The topological polar surface area (TPSA) is 153 Å². The van der Waals surface area contributed by atoms with Gasteiger partial charge in [-0.15, -0.1) is 0 Å².